The summed E-state index contributed by atoms with van der Waals surface area (Å²) in [6.07, 6.45) is 1.08. The van der Waals surface area contributed by atoms with Gasteiger partial charge in [-0.3, -0.25) is 18.6 Å². The van der Waals surface area contributed by atoms with Gasteiger partial charge in [0.05, 0.1) is 23.3 Å². The second-order valence-electron chi connectivity index (χ2n) is 6.67. The van der Waals surface area contributed by atoms with E-state index >= 15 is 0 Å². The Balaban J connectivity index is 1.96. The van der Waals surface area contributed by atoms with Crippen LogP contribution in [0.15, 0.2) is 59.4 Å². The van der Waals surface area contributed by atoms with E-state index in [0.29, 0.717) is 17.1 Å². The number of nitrogens with zero attached hydrogens (tertiary/aromatic N) is 3. The van der Waals surface area contributed by atoms with E-state index in [1.54, 1.807) is 49.0 Å². The third kappa shape index (κ3) is 3.95. The predicted octanol–water partition coefficient (Wildman–Crippen LogP) is 2.13. The molecule has 1 amide bonds. The van der Waals surface area contributed by atoms with E-state index in [1.165, 1.54) is 17.8 Å². The number of anilines is 2. The highest BCUT2D eigenvalue weighted by Gasteiger charge is 2.20. The molecule has 0 fully saturated rings. The van der Waals surface area contributed by atoms with Gasteiger partial charge < -0.3 is 5.32 Å². The number of amides is 1. The molecule has 0 aliphatic rings. The molecule has 2 aromatic carbocycles. The highest BCUT2D eigenvalue weighted by atomic mass is 32.2. The quantitative estimate of drug-likeness (QED) is 0.692. The van der Waals surface area contributed by atoms with Crippen LogP contribution >= 0.6 is 0 Å². The number of benzene rings is 2. The monoisotopic (exact) mass is 414 g/mol. The van der Waals surface area contributed by atoms with Gasteiger partial charge in [-0.15, -0.1) is 0 Å². The minimum absolute atomic E-state index is 0.170. The smallest absolute Gasteiger partial charge is 0.295 e. The van der Waals surface area contributed by atoms with Crippen LogP contribution in [0.2, 0.25) is 0 Å². The molecular weight excluding hydrogens is 392 g/mol. The van der Waals surface area contributed by atoms with E-state index in [4.69, 9.17) is 0 Å². The van der Waals surface area contributed by atoms with Crippen molar-refractivity contribution in [3.8, 4) is 5.69 Å². The van der Waals surface area contributed by atoms with Crippen LogP contribution in [-0.2, 0) is 17.1 Å². The second-order valence-corrected chi connectivity index (χ2v) is 8.69. The number of hydrogen-bond donors (Lipinski definition) is 1. The van der Waals surface area contributed by atoms with Crippen LogP contribution in [-0.4, -0.2) is 37.0 Å². The Bertz CT molecular complexity index is 1230. The highest BCUT2D eigenvalue weighted by molar-refractivity contribution is 7.92. The molecule has 0 unspecified atom stereocenters. The normalized spacial score (nSPS) is 11.3. The Morgan fingerprint density at radius 1 is 1.07 bits per heavy atom. The largest absolute Gasteiger partial charge is 0.316 e. The fourth-order valence-electron chi connectivity index (χ4n) is 2.93. The third-order valence-corrected chi connectivity index (χ3v) is 5.97. The molecule has 0 aliphatic heterocycles. The summed E-state index contributed by atoms with van der Waals surface area (Å²) in [5.74, 6) is -0.500. The van der Waals surface area contributed by atoms with Crippen molar-refractivity contribution in [1.29, 1.82) is 0 Å². The van der Waals surface area contributed by atoms with Gasteiger partial charge in [0.2, 0.25) is 10.0 Å². The van der Waals surface area contributed by atoms with Crippen molar-refractivity contribution in [2.75, 3.05) is 22.9 Å². The average Bonchev–Trinajstić information content (AvgIpc) is 2.90. The van der Waals surface area contributed by atoms with E-state index in [1.807, 2.05) is 18.2 Å². The van der Waals surface area contributed by atoms with Crippen molar-refractivity contribution in [1.82, 2.24) is 9.36 Å². The van der Waals surface area contributed by atoms with Crippen LogP contribution in [0.3, 0.4) is 0 Å². The molecule has 3 aromatic rings. The number of carbonyl (C=O) groups excluding carboxylic acids is 1. The molecular formula is C20H22N4O4S. The van der Waals surface area contributed by atoms with Gasteiger partial charge in [0, 0.05) is 19.7 Å². The zero-order valence-electron chi connectivity index (χ0n) is 16.6. The van der Waals surface area contributed by atoms with Gasteiger partial charge in [0.25, 0.3) is 11.5 Å². The van der Waals surface area contributed by atoms with Gasteiger partial charge in [-0.05, 0) is 37.3 Å². The van der Waals surface area contributed by atoms with E-state index in [2.05, 4.69) is 5.32 Å². The van der Waals surface area contributed by atoms with Gasteiger partial charge in [0.15, 0.2) is 0 Å². The summed E-state index contributed by atoms with van der Waals surface area (Å²) in [6.45, 7) is 1.74. The van der Waals surface area contributed by atoms with Crippen LogP contribution in [0.5, 0.6) is 0 Å². The first-order valence-electron chi connectivity index (χ1n) is 8.80. The van der Waals surface area contributed by atoms with Gasteiger partial charge in [-0.25, -0.2) is 13.1 Å². The number of sulfonamides is 1. The molecule has 0 aliphatic carbocycles. The SMILES string of the molecule is Cc1c(NC(=O)c2cccc(N(C)S(C)(=O)=O)c2)c(=O)n(-c2ccccc2)n1C. The van der Waals surface area contributed by atoms with E-state index in [0.717, 1.165) is 10.6 Å². The lowest BCUT2D eigenvalue weighted by atomic mass is 10.2. The zero-order valence-corrected chi connectivity index (χ0v) is 17.4. The maximum Gasteiger partial charge on any atom is 0.295 e. The van der Waals surface area contributed by atoms with Crippen molar-refractivity contribution in [3.63, 3.8) is 0 Å². The standard InChI is InChI=1S/C20H22N4O4S/c1-14-18(20(26)24(22(14)2)16-10-6-5-7-11-16)21-19(25)15-9-8-12-17(13-15)23(3)29(4,27)28/h5-13H,1-4H3,(H,21,25). The van der Waals surface area contributed by atoms with Crippen molar-refractivity contribution in [2.45, 2.75) is 6.92 Å². The lowest BCUT2D eigenvalue weighted by Gasteiger charge is -2.17. The van der Waals surface area contributed by atoms with Gasteiger partial charge in [-0.2, -0.15) is 0 Å². The minimum atomic E-state index is -3.46. The third-order valence-electron chi connectivity index (χ3n) is 4.76. The van der Waals surface area contributed by atoms with E-state index in [9.17, 15) is 18.0 Å². The summed E-state index contributed by atoms with van der Waals surface area (Å²) in [4.78, 5) is 25.7. The summed E-state index contributed by atoms with van der Waals surface area (Å²) in [7, 11) is -0.312. The number of carbonyl (C=O) groups is 1. The molecule has 29 heavy (non-hydrogen) atoms. The number of rotatable bonds is 5. The number of hydrogen-bond acceptors (Lipinski definition) is 4. The fourth-order valence-corrected chi connectivity index (χ4v) is 3.43. The molecule has 1 heterocycles. The Labute approximate surface area is 169 Å². The van der Waals surface area contributed by atoms with Gasteiger partial charge in [0.1, 0.15) is 5.69 Å². The van der Waals surface area contributed by atoms with Gasteiger partial charge in [-0.1, -0.05) is 24.3 Å². The lowest BCUT2D eigenvalue weighted by molar-refractivity contribution is 0.102. The van der Waals surface area contributed by atoms with Crippen LogP contribution in [0.4, 0.5) is 11.4 Å². The topological polar surface area (TPSA) is 93.4 Å². The van der Waals surface area contributed by atoms with Crippen molar-refractivity contribution >= 4 is 27.3 Å². The van der Waals surface area contributed by atoms with Crippen molar-refractivity contribution in [3.05, 3.63) is 76.2 Å². The van der Waals surface area contributed by atoms with Crippen LogP contribution < -0.4 is 15.2 Å². The zero-order chi connectivity index (χ0) is 21.3. The molecule has 3 rings (SSSR count). The molecule has 8 nitrogen and oxygen atoms in total. The van der Waals surface area contributed by atoms with Crippen molar-refractivity contribution < 1.29 is 13.2 Å². The fraction of sp³-hybridized carbons (Fsp3) is 0.200. The summed E-state index contributed by atoms with van der Waals surface area (Å²) in [5.41, 5.74) is 1.69. The van der Waals surface area contributed by atoms with Crippen LogP contribution in [0, 0.1) is 6.92 Å². The Morgan fingerprint density at radius 2 is 1.72 bits per heavy atom. The van der Waals surface area contributed by atoms with Gasteiger partial charge >= 0.3 is 0 Å². The summed E-state index contributed by atoms with van der Waals surface area (Å²) in [5, 5.41) is 2.67. The molecule has 0 spiro atoms. The lowest BCUT2D eigenvalue weighted by Crippen LogP contribution is -2.25. The number of aromatic nitrogens is 2. The Kier molecular flexibility index (Phi) is 5.34. The summed E-state index contributed by atoms with van der Waals surface area (Å²) in [6, 6.07) is 15.3. The number of para-hydroxylation sites is 1. The van der Waals surface area contributed by atoms with E-state index in [-0.39, 0.29) is 16.8 Å². The Hall–Kier alpha value is -3.33. The summed E-state index contributed by atoms with van der Waals surface area (Å²) < 4.78 is 27.7. The molecule has 1 aromatic heterocycles. The molecule has 0 atom stereocenters. The first kappa shape index (κ1) is 20.4. The van der Waals surface area contributed by atoms with Crippen LogP contribution in [0.1, 0.15) is 16.1 Å². The first-order chi connectivity index (χ1) is 13.6. The molecule has 0 saturated heterocycles. The molecule has 0 bridgehead atoms. The predicted molar refractivity (Wildman–Crippen MR) is 113 cm³/mol. The van der Waals surface area contributed by atoms with E-state index < -0.39 is 15.9 Å². The molecule has 0 radical (unpaired) electrons. The molecule has 9 heteroatoms. The number of nitrogens with one attached hydrogen (secondary N) is 1. The highest BCUT2D eigenvalue weighted by Crippen LogP contribution is 2.19. The molecule has 1 N–H and O–H groups in total. The van der Waals surface area contributed by atoms with Crippen molar-refractivity contribution in [2.24, 2.45) is 7.05 Å². The maximum absolute atomic E-state index is 12.9. The second kappa shape index (κ2) is 7.59. The Morgan fingerprint density at radius 3 is 2.34 bits per heavy atom. The molecule has 0 saturated carbocycles. The summed E-state index contributed by atoms with van der Waals surface area (Å²) >= 11 is 0. The minimum Gasteiger partial charge on any atom is -0.316 e. The first-order valence-corrected chi connectivity index (χ1v) is 10.7. The maximum atomic E-state index is 12.9. The molecule has 152 valence electrons. The average molecular weight is 414 g/mol. The van der Waals surface area contributed by atoms with Crippen LogP contribution in [0.25, 0.3) is 5.69 Å².